The molecular formula is C11H17NO3. The van der Waals surface area contributed by atoms with Gasteiger partial charge >= 0.3 is 5.97 Å². The van der Waals surface area contributed by atoms with Gasteiger partial charge in [0.1, 0.15) is 0 Å². The molecule has 0 aromatic rings. The molecule has 2 aliphatic rings. The summed E-state index contributed by atoms with van der Waals surface area (Å²) in [5, 5.41) is 0. The Morgan fingerprint density at radius 2 is 2.20 bits per heavy atom. The van der Waals surface area contributed by atoms with Crippen molar-refractivity contribution in [3.8, 4) is 0 Å². The first kappa shape index (κ1) is 10.5. The zero-order chi connectivity index (χ0) is 11.0. The zero-order valence-corrected chi connectivity index (χ0v) is 9.23. The van der Waals surface area contributed by atoms with Gasteiger partial charge < -0.3 is 9.64 Å². The highest BCUT2D eigenvalue weighted by molar-refractivity contribution is 5.88. The topological polar surface area (TPSA) is 46.6 Å². The molecule has 1 amide bonds. The van der Waals surface area contributed by atoms with Crippen molar-refractivity contribution < 1.29 is 14.3 Å². The van der Waals surface area contributed by atoms with Crippen LogP contribution in [0.3, 0.4) is 0 Å². The average Bonchev–Trinajstić information content (AvgIpc) is 2.99. The van der Waals surface area contributed by atoms with Gasteiger partial charge in [0.25, 0.3) is 0 Å². The lowest BCUT2D eigenvalue weighted by Crippen LogP contribution is -2.25. The molecule has 15 heavy (non-hydrogen) atoms. The van der Waals surface area contributed by atoms with E-state index in [-0.39, 0.29) is 23.7 Å². The molecule has 0 N–H and O–H groups in total. The molecule has 0 aromatic heterocycles. The summed E-state index contributed by atoms with van der Waals surface area (Å²) in [6.07, 6.45) is 3.28. The summed E-state index contributed by atoms with van der Waals surface area (Å²) in [6.45, 7) is 0.517. The van der Waals surface area contributed by atoms with Gasteiger partial charge in [-0.05, 0) is 12.3 Å². The molecule has 2 rings (SSSR count). The van der Waals surface area contributed by atoms with Crippen LogP contribution in [0.4, 0.5) is 0 Å². The van der Waals surface area contributed by atoms with Crippen LogP contribution in [0.1, 0.15) is 19.3 Å². The van der Waals surface area contributed by atoms with E-state index in [1.165, 1.54) is 20.0 Å². The molecule has 0 bridgehead atoms. The molecule has 4 heteroatoms. The summed E-state index contributed by atoms with van der Waals surface area (Å²) >= 11 is 0. The molecule has 2 fully saturated rings. The van der Waals surface area contributed by atoms with Crippen molar-refractivity contribution in [3.05, 3.63) is 0 Å². The quantitative estimate of drug-likeness (QED) is 0.644. The smallest absolute Gasteiger partial charge is 0.311 e. The summed E-state index contributed by atoms with van der Waals surface area (Å²) in [4.78, 5) is 25.0. The number of likely N-dealkylation sites (tertiary alicyclic amines) is 1. The van der Waals surface area contributed by atoms with Crippen molar-refractivity contribution in [1.82, 2.24) is 4.90 Å². The molecule has 0 spiro atoms. The molecule has 0 aromatic carbocycles. The number of rotatable bonds is 3. The van der Waals surface area contributed by atoms with Crippen molar-refractivity contribution in [1.29, 1.82) is 0 Å². The van der Waals surface area contributed by atoms with Crippen molar-refractivity contribution in [2.24, 2.45) is 17.8 Å². The van der Waals surface area contributed by atoms with Crippen LogP contribution in [-0.4, -0.2) is 37.5 Å². The Kier molecular flexibility index (Phi) is 2.67. The van der Waals surface area contributed by atoms with E-state index in [4.69, 9.17) is 4.74 Å². The lowest BCUT2D eigenvalue weighted by Gasteiger charge is -2.13. The Bertz CT molecular complexity index is 286. The summed E-state index contributed by atoms with van der Waals surface area (Å²) in [5.41, 5.74) is 0. The highest BCUT2D eigenvalue weighted by atomic mass is 16.5. The molecule has 2 atom stereocenters. The van der Waals surface area contributed by atoms with Crippen molar-refractivity contribution in [2.45, 2.75) is 19.3 Å². The second-order valence-electron chi connectivity index (χ2n) is 4.63. The standard InChI is InChI=1S/C11H17NO3/c1-12-6-9(11(14)15-2)8(10(12)13)5-7-3-4-7/h7-9H,3-6H2,1-2H3. The minimum Gasteiger partial charge on any atom is -0.469 e. The highest BCUT2D eigenvalue weighted by Crippen LogP contribution is 2.40. The van der Waals surface area contributed by atoms with Crippen molar-refractivity contribution in [2.75, 3.05) is 20.7 Å². The Morgan fingerprint density at radius 3 is 2.73 bits per heavy atom. The summed E-state index contributed by atoms with van der Waals surface area (Å²) in [7, 11) is 3.14. The summed E-state index contributed by atoms with van der Waals surface area (Å²) in [6, 6.07) is 0. The van der Waals surface area contributed by atoms with Gasteiger partial charge in [0.05, 0.1) is 18.9 Å². The van der Waals surface area contributed by atoms with Gasteiger partial charge in [0, 0.05) is 13.6 Å². The Labute approximate surface area is 89.6 Å². The predicted octanol–water partition coefficient (Wildman–Crippen LogP) is 0.664. The van der Waals surface area contributed by atoms with Crippen LogP contribution in [-0.2, 0) is 14.3 Å². The second-order valence-corrected chi connectivity index (χ2v) is 4.63. The second kappa shape index (κ2) is 3.83. The fourth-order valence-corrected chi connectivity index (χ4v) is 2.34. The third-order valence-electron chi connectivity index (χ3n) is 3.44. The first-order chi connectivity index (χ1) is 7.13. The van der Waals surface area contributed by atoms with E-state index < -0.39 is 0 Å². The van der Waals surface area contributed by atoms with Crippen LogP contribution in [0.5, 0.6) is 0 Å². The third kappa shape index (κ3) is 1.98. The van der Waals surface area contributed by atoms with Crippen LogP contribution < -0.4 is 0 Å². The molecule has 1 saturated heterocycles. The SMILES string of the molecule is COC(=O)C1CN(C)C(=O)C1CC1CC1. The third-order valence-corrected chi connectivity index (χ3v) is 3.44. The maximum atomic E-state index is 11.8. The van der Waals surface area contributed by atoms with Crippen LogP contribution in [0.15, 0.2) is 0 Å². The van der Waals surface area contributed by atoms with Crippen LogP contribution >= 0.6 is 0 Å². The zero-order valence-electron chi connectivity index (χ0n) is 9.23. The Hall–Kier alpha value is -1.06. The number of ether oxygens (including phenoxy) is 1. The number of hydrogen-bond donors (Lipinski definition) is 0. The lowest BCUT2D eigenvalue weighted by atomic mass is 9.90. The lowest BCUT2D eigenvalue weighted by molar-refractivity contribution is -0.147. The largest absolute Gasteiger partial charge is 0.469 e. The normalized spacial score (nSPS) is 30.8. The van der Waals surface area contributed by atoms with Gasteiger partial charge in [0.15, 0.2) is 0 Å². The summed E-state index contributed by atoms with van der Waals surface area (Å²) < 4.78 is 4.75. The van der Waals surface area contributed by atoms with E-state index in [0.29, 0.717) is 12.5 Å². The first-order valence-corrected chi connectivity index (χ1v) is 5.46. The molecule has 0 radical (unpaired) electrons. The predicted molar refractivity (Wildman–Crippen MR) is 54.0 cm³/mol. The highest BCUT2D eigenvalue weighted by Gasteiger charge is 2.45. The van der Waals surface area contributed by atoms with Crippen LogP contribution in [0.2, 0.25) is 0 Å². The van der Waals surface area contributed by atoms with E-state index in [1.54, 1.807) is 11.9 Å². The minimum absolute atomic E-state index is 0.109. The van der Waals surface area contributed by atoms with Gasteiger partial charge in [-0.25, -0.2) is 0 Å². The molecule has 1 aliphatic carbocycles. The van der Waals surface area contributed by atoms with Crippen LogP contribution in [0, 0.1) is 17.8 Å². The monoisotopic (exact) mass is 211 g/mol. The van der Waals surface area contributed by atoms with Gasteiger partial charge in [-0.1, -0.05) is 12.8 Å². The molecule has 1 saturated carbocycles. The number of carbonyl (C=O) groups excluding carboxylic acids is 2. The first-order valence-electron chi connectivity index (χ1n) is 5.46. The van der Waals surface area contributed by atoms with Gasteiger partial charge in [0.2, 0.25) is 5.91 Å². The van der Waals surface area contributed by atoms with Gasteiger partial charge in [-0.2, -0.15) is 0 Å². The van der Waals surface area contributed by atoms with E-state index in [0.717, 1.165) is 6.42 Å². The molecular weight excluding hydrogens is 194 g/mol. The van der Waals surface area contributed by atoms with E-state index in [2.05, 4.69) is 0 Å². The van der Waals surface area contributed by atoms with Crippen molar-refractivity contribution in [3.63, 3.8) is 0 Å². The fraction of sp³-hybridized carbons (Fsp3) is 0.818. The minimum atomic E-state index is -0.243. The number of esters is 1. The van der Waals surface area contributed by atoms with E-state index >= 15 is 0 Å². The van der Waals surface area contributed by atoms with E-state index in [1.807, 2.05) is 0 Å². The average molecular weight is 211 g/mol. The van der Waals surface area contributed by atoms with Gasteiger partial charge in [-0.3, -0.25) is 9.59 Å². The molecule has 2 unspecified atom stereocenters. The van der Waals surface area contributed by atoms with E-state index in [9.17, 15) is 9.59 Å². The number of carbonyl (C=O) groups is 2. The fourth-order valence-electron chi connectivity index (χ4n) is 2.34. The molecule has 1 aliphatic heterocycles. The molecule has 84 valence electrons. The van der Waals surface area contributed by atoms with Crippen molar-refractivity contribution >= 4 is 11.9 Å². The molecule has 4 nitrogen and oxygen atoms in total. The maximum Gasteiger partial charge on any atom is 0.311 e. The van der Waals surface area contributed by atoms with Crippen LogP contribution in [0.25, 0.3) is 0 Å². The Morgan fingerprint density at radius 1 is 1.53 bits per heavy atom. The number of amides is 1. The molecule has 1 heterocycles. The summed E-state index contributed by atoms with van der Waals surface area (Å²) in [5.74, 6) is 0.163. The Balaban J connectivity index is 2.06. The number of methoxy groups -OCH3 is 1. The van der Waals surface area contributed by atoms with Gasteiger partial charge in [-0.15, -0.1) is 0 Å². The number of hydrogen-bond acceptors (Lipinski definition) is 3. The number of nitrogens with zero attached hydrogens (tertiary/aromatic N) is 1. The maximum absolute atomic E-state index is 11.8.